The molecule has 3 aromatic heterocycles. The lowest BCUT2D eigenvalue weighted by Crippen LogP contribution is -2.40. The predicted octanol–water partition coefficient (Wildman–Crippen LogP) is 0.380. The van der Waals surface area contributed by atoms with Crippen LogP contribution in [0.5, 0.6) is 0 Å². The molecule has 4 heterocycles. The Morgan fingerprint density at radius 3 is 2.67 bits per heavy atom. The third-order valence-electron chi connectivity index (χ3n) is 4.54. The zero-order valence-corrected chi connectivity index (χ0v) is 14.6. The largest absolute Gasteiger partial charge is 0.356 e. The molecule has 27 heavy (non-hydrogen) atoms. The fourth-order valence-corrected chi connectivity index (χ4v) is 3.08. The molecule has 4 rings (SSSR count). The summed E-state index contributed by atoms with van der Waals surface area (Å²) in [6.45, 7) is 1.92. The van der Waals surface area contributed by atoms with E-state index in [0.29, 0.717) is 12.4 Å². The summed E-state index contributed by atoms with van der Waals surface area (Å²) in [4.78, 5) is 35.2. The van der Waals surface area contributed by atoms with Crippen LogP contribution in [0.25, 0.3) is 5.82 Å². The molecule has 1 saturated heterocycles. The van der Waals surface area contributed by atoms with E-state index in [-0.39, 0.29) is 11.8 Å². The number of piperidine rings is 1. The van der Waals surface area contributed by atoms with Crippen molar-refractivity contribution in [1.82, 2.24) is 40.0 Å². The minimum atomic E-state index is -0.00505. The highest BCUT2D eigenvalue weighted by atomic mass is 16.1. The summed E-state index contributed by atoms with van der Waals surface area (Å²) in [6.07, 6.45) is 11.0. The molecule has 1 fully saturated rings. The van der Waals surface area contributed by atoms with Gasteiger partial charge in [0.1, 0.15) is 24.8 Å². The van der Waals surface area contributed by atoms with Gasteiger partial charge in [0.2, 0.25) is 5.91 Å². The minimum Gasteiger partial charge on any atom is -0.356 e. The third-order valence-corrected chi connectivity index (χ3v) is 4.54. The van der Waals surface area contributed by atoms with Gasteiger partial charge in [-0.05, 0) is 12.8 Å². The highest BCUT2D eigenvalue weighted by Gasteiger charge is 2.25. The van der Waals surface area contributed by atoms with Crippen LogP contribution >= 0.6 is 0 Å². The summed E-state index contributed by atoms with van der Waals surface area (Å²) in [5.41, 5.74) is 0.755. The molecule has 10 nitrogen and oxygen atoms in total. The Morgan fingerprint density at radius 2 is 1.93 bits per heavy atom. The molecule has 1 N–H and O–H groups in total. The predicted molar refractivity (Wildman–Crippen MR) is 95.8 cm³/mol. The highest BCUT2D eigenvalue weighted by Crippen LogP contribution is 2.22. The maximum Gasteiger partial charge on any atom is 0.223 e. The standard InChI is InChI=1S/C17H19N9O/c27-17(21-9-14-8-18-3-4-20-14)13-1-5-25(6-2-13)15-7-16(23-11-22-15)26-12-19-10-24-26/h3-4,7-8,10-13H,1-2,5-6,9H2,(H,21,27). The van der Waals surface area contributed by atoms with Crippen LogP contribution < -0.4 is 10.2 Å². The van der Waals surface area contributed by atoms with E-state index in [1.54, 1.807) is 29.6 Å². The molecule has 0 atom stereocenters. The molecule has 1 amide bonds. The Morgan fingerprint density at radius 1 is 1.07 bits per heavy atom. The van der Waals surface area contributed by atoms with E-state index in [2.05, 4.69) is 40.2 Å². The van der Waals surface area contributed by atoms with Crippen LogP contribution in [-0.2, 0) is 11.3 Å². The second kappa shape index (κ2) is 7.85. The smallest absolute Gasteiger partial charge is 0.223 e. The quantitative estimate of drug-likeness (QED) is 0.690. The Kier molecular flexibility index (Phi) is 4.95. The first-order valence-electron chi connectivity index (χ1n) is 8.74. The lowest BCUT2D eigenvalue weighted by Gasteiger charge is -2.32. The van der Waals surface area contributed by atoms with Gasteiger partial charge in [-0.15, -0.1) is 0 Å². The molecule has 0 bridgehead atoms. The monoisotopic (exact) mass is 365 g/mol. The molecule has 0 spiro atoms. The number of rotatable bonds is 5. The number of carbonyl (C=O) groups is 1. The lowest BCUT2D eigenvalue weighted by atomic mass is 9.96. The first kappa shape index (κ1) is 17.0. The summed E-state index contributed by atoms with van der Waals surface area (Å²) in [7, 11) is 0. The SMILES string of the molecule is O=C(NCc1cnccn1)C1CCN(c2cc(-n3cncn3)ncn2)CC1. The summed E-state index contributed by atoms with van der Waals surface area (Å²) in [5.74, 6) is 1.55. The summed E-state index contributed by atoms with van der Waals surface area (Å²) >= 11 is 0. The number of hydrogen-bond donors (Lipinski definition) is 1. The van der Waals surface area contributed by atoms with E-state index < -0.39 is 0 Å². The molecule has 0 saturated carbocycles. The zero-order valence-electron chi connectivity index (χ0n) is 14.6. The first-order valence-corrected chi connectivity index (χ1v) is 8.74. The fourth-order valence-electron chi connectivity index (χ4n) is 3.08. The Hall–Kier alpha value is -3.43. The van der Waals surface area contributed by atoms with Crippen LogP contribution in [0.1, 0.15) is 18.5 Å². The average Bonchev–Trinajstić information content (AvgIpc) is 3.28. The van der Waals surface area contributed by atoms with Gasteiger partial charge in [0, 0.05) is 37.5 Å². The van der Waals surface area contributed by atoms with Crippen molar-refractivity contribution in [2.45, 2.75) is 19.4 Å². The zero-order chi connectivity index (χ0) is 18.5. The van der Waals surface area contributed by atoms with Gasteiger partial charge in [0.15, 0.2) is 5.82 Å². The van der Waals surface area contributed by atoms with Crippen LogP contribution in [0.2, 0.25) is 0 Å². The van der Waals surface area contributed by atoms with Crippen molar-refractivity contribution >= 4 is 11.7 Å². The Balaban J connectivity index is 1.32. The van der Waals surface area contributed by atoms with Crippen molar-refractivity contribution in [2.75, 3.05) is 18.0 Å². The minimum absolute atomic E-state index is 0.00505. The van der Waals surface area contributed by atoms with Gasteiger partial charge in [0.25, 0.3) is 0 Å². The van der Waals surface area contributed by atoms with Gasteiger partial charge in [-0.2, -0.15) is 5.10 Å². The van der Waals surface area contributed by atoms with E-state index in [4.69, 9.17) is 0 Å². The van der Waals surface area contributed by atoms with Gasteiger partial charge in [0.05, 0.1) is 18.4 Å². The van der Waals surface area contributed by atoms with Gasteiger partial charge < -0.3 is 10.2 Å². The number of anilines is 1. The summed E-state index contributed by atoms with van der Waals surface area (Å²) in [6, 6.07) is 1.88. The molecule has 1 aliphatic rings. The van der Waals surface area contributed by atoms with E-state index in [9.17, 15) is 4.79 Å². The molecule has 3 aromatic rings. The first-order chi connectivity index (χ1) is 13.3. The number of carbonyl (C=O) groups excluding carboxylic acids is 1. The van der Waals surface area contributed by atoms with Gasteiger partial charge in [-0.1, -0.05) is 0 Å². The topological polar surface area (TPSA) is 115 Å². The molecular formula is C17H19N9O. The molecule has 1 aliphatic heterocycles. The van der Waals surface area contributed by atoms with E-state index in [1.807, 2.05) is 6.07 Å². The second-order valence-electron chi connectivity index (χ2n) is 6.25. The van der Waals surface area contributed by atoms with E-state index in [1.165, 1.54) is 12.7 Å². The van der Waals surface area contributed by atoms with Crippen molar-refractivity contribution < 1.29 is 4.79 Å². The van der Waals surface area contributed by atoms with Crippen LogP contribution in [0.3, 0.4) is 0 Å². The van der Waals surface area contributed by atoms with E-state index >= 15 is 0 Å². The molecular weight excluding hydrogens is 346 g/mol. The van der Waals surface area contributed by atoms with Gasteiger partial charge in [-0.3, -0.25) is 14.8 Å². The Labute approximate surface area is 155 Å². The molecule has 138 valence electrons. The second-order valence-corrected chi connectivity index (χ2v) is 6.25. The van der Waals surface area contributed by atoms with Crippen LogP contribution in [0.15, 0.2) is 43.6 Å². The van der Waals surface area contributed by atoms with Crippen LogP contribution in [0, 0.1) is 5.92 Å². The fraction of sp³-hybridized carbons (Fsp3) is 0.353. The normalized spacial score (nSPS) is 14.9. The number of aromatic nitrogens is 7. The van der Waals surface area contributed by atoms with Crippen molar-refractivity contribution in [1.29, 1.82) is 0 Å². The highest BCUT2D eigenvalue weighted by molar-refractivity contribution is 5.78. The third kappa shape index (κ3) is 4.05. The summed E-state index contributed by atoms with van der Waals surface area (Å²) in [5, 5.41) is 7.03. The lowest BCUT2D eigenvalue weighted by molar-refractivity contribution is -0.125. The number of nitrogens with one attached hydrogen (secondary N) is 1. The number of nitrogens with zero attached hydrogens (tertiary/aromatic N) is 8. The molecule has 0 aromatic carbocycles. The van der Waals surface area contributed by atoms with Gasteiger partial charge >= 0.3 is 0 Å². The number of hydrogen-bond acceptors (Lipinski definition) is 8. The van der Waals surface area contributed by atoms with Gasteiger partial charge in [-0.25, -0.2) is 19.6 Å². The summed E-state index contributed by atoms with van der Waals surface area (Å²) < 4.78 is 1.60. The van der Waals surface area contributed by atoms with Crippen molar-refractivity contribution in [3.05, 3.63) is 49.3 Å². The average molecular weight is 365 g/mol. The van der Waals surface area contributed by atoms with Crippen molar-refractivity contribution in [3.63, 3.8) is 0 Å². The number of amides is 1. The van der Waals surface area contributed by atoms with Crippen molar-refractivity contribution in [3.8, 4) is 5.82 Å². The van der Waals surface area contributed by atoms with E-state index in [0.717, 1.165) is 37.4 Å². The van der Waals surface area contributed by atoms with Crippen LogP contribution in [-0.4, -0.2) is 53.7 Å². The molecule has 10 heteroatoms. The van der Waals surface area contributed by atoms with Crippen molar-refractivity contribution in [2.24, 2.45) is 5.92 Å². The maximum atomic E-state index is 12.4. The molecule has 0 aliphatic carbocycles. The molecule has 0 unspecified atom stereocenters. The Bertz CT molecular complexity index is 876. The maximum absolute atomic E-state index is 12.4. The van der Waals surface area contributed by atoms with Crippen LogP contribution in [0.4, 0.5) is 5.82 Å². The molecule has 0 radical (unpaired) electrons.